The van der Waals surface area contributed by atoms with Gasteiger partial charge in [-0.15, -0.1) is 0 Å². The Kier molecular flexibility index (Phi) is 7.64. The number of ketones is 1. The van der Waals surface area contributed by atoms with Gasteiger partial charge in [0.1, 0.15) is 29.1 Å². The molecule has 0 spiro atoms. The van der Waals surface area contributed by atoms with Crippen molar-refractivity contribution in [3.8, 4) is 5.75 Å². The first kappa shape index (κ1) is 24.6. The molecule has 178 valence electrons. The molecule has 1 aliphatic heterocycles. The Labute approximate surface area is 195 Å². The highest BCUT2D eigenvalue weighted by molar-refractivity contribution is 6.46. The van der Waals surface area contributed by atoms with Gasteiger partial charge in [0.05, 0.1) is 12.7 Å². The zero-order valence-electron chi connectivity index (χ0n) is 20.3. The summed E-state index contributed by atoms with van der Waals surface area (Å²) in [5.41, 5.74) is 1.42. The van der Waals surface area contributed by atoms with E-state index < -0.39 is 17.7 Å². The fraction of sp³-hybridized carbons (Fsp3) is 0.462. The molecule has 1 atom stereocenters. The summed E-state index contributed by atoms with van der Waals surface area (Å²) in [6.07, 6.45) is 0. The predicted octanol–water partition coefficient (Wildman–Crippen LogP) is 4.48. The van der Waals surface area contributed by atoms with E-state index in [-0.39, 0.29) is 17.3 Å². The third-order valence-electron chi connectivity index (χ3n) is 6.25. The van der Waals surface area contributed by atoms with Crippen molar-refractivity contribution >= 4 is 17.4 Å². The van der Waals surface area contributed by atoms with Crippen LogP contribution in [0, 0.1) is 6.92 Å². The lowest BCUT2D eigenvalue weighted by atomic mass is 9.95. The van der Waals surface area contributed by atoms with Crippen LogP contribution < -0.4 is 4.74 Å². The second-order valence-corrected chi connectivity index (χ2v) is 8.58. The lowest BCUT2D eigenvalue weighted by Crippen LogP contribution is -2.37. The summed E-state index contributed by atoms with van der Waals surface area (Å²) >= 11 is 0. The first-order chi connectivity index (χ1) is 15.7. The van der Waals surface area contributed by atoms with Gasteiger partial charge in [-0.2, -0.15) is 0 Å². The van der Waals surface area contributed by atoms with Crippen molar-refractivity contribution in [3.63, 3.8) is 0 Å². The van der Waals surface area contributed by atoms with Crippen LogP contribution in [0.3, 0.4) is 0 Å². The number of amides is 1. The molecule has 33 heavy (non-hydrogen) atoms. The van der Waals surface area contributed by atoms with Crippen molar-refractivity contribution in [2.45, 2.75) is 46.6 Å². The molecule has 1 saturated heterocycles. The number of likely N-dealkylation sites (N-methyl/N-ethyl adjacent to an activating group) is 1. The highest BCUT2D eigenvalue weighted by atomic mass is 16.5. The number of methoxy groups -OCH3 is 1. The largest absolute Gasteiger partial charge is 0.507 e. The van der Waals surface area contributed by atoms with Gasteiger partial charge in [-0.25, -0.2) is 0 Å². The Hall–Kier alpha value is -3.06. The van der Waals surface area contributed by atoms with Crippen LogP contribution in [0.4, 0.5) is 0 Å². The Bertz CT molecular complexity index is 1050. The van der Waals surface area contributed by atoms with E-state index >= 15 is 0 Å². The first-order valence-corrected chi connectivity index (χ1v) is 11.5. The fourth-order valence-electron chi connectivity index (χ4n) is 4.28. The lowest BCUT2D eigenvalue weighted by molar-refractivity contribution is -0.140. The molecule has 1 aliphatic rings. The number of aliphatic hydroxyl groups excluding tert-OH is 1. The Balaban J connectivity index is 2.11. The number of Topliss-reactive ketones (excluding diaryl/α,β-unsaturated/α-hetero) is 1. The normalized spacial score (nSPS) is 18.1. The molecule has 0 radical (unpaired) electrons. The minimum atomic E-state index is -0.779. The SMILES string of the molecule is CCN(CC)CCN1C(=O)C(=O)/C(=C(\O)c2ccc(OC)c(C(C)C)c2)C1c1ccc(C)o1. The van der Waals surface area contributed by atoms with E-state index in [0.717, 1.165) is 18.7 Å². The molecule has 1 aromatic heterocycles. The number of rotatable bonds is 9. The van der Waals surface area contributed by atoms with Crippen LogP contribution in [0.1, 0.15) is 62.3 Å². The van der Waals surface area contributed by atoms with Gasteiger partial charge in [0.15, 0.2) is 0 Å². The summed E-state index contributed by atoms with van der Waals surface area (Å²) in [7, 11) is 1.60. The van der Waals surface area contributed by atoms with Crippen molar-refractivity contribution in [1.82, 2.24) is 9.80 Å². The van der Waals surface area contributed by atoms with Gasteiger partial charge < -0.3 is 24.1 Å². The Morgan fingerprint density at radius 3 is 2.42 bits per heavy atom. The zero-order valence-corrected chi connectivity index (χ0v) is 20.3. The molecular weight excluding hydrogens is 420 g/mol. The molecule has 2 heterocycles. The van der Waals surface area contributed by atoms with E-state index in [9.17, 15) is 14.7 Å². The number of nitrogens with zero attached hydrogens (tertiary/aromatic N) is 2. The quantitative estimate of drug-likeness (QED) is 0.342. The number of hydrogen-bond donors (Lipinski definition) is 1. The second-order valence-electron chi connectivity index (χ2n) is 8.58. The van der Waals surface area contributed by atoms with Crippen molar-refractivity contribution in [2.24, 2.45) is 0 Å². The minimum Gasteiger partial charge on any atom is -0.507 e. The molecule has 1 aromatic carbocycles. The summed E-state index contributed by atoms with van der Waals surface area (Å²) in [6.45, 7) is 12.6. The molecule has 0 bridgehead atoms. The number of carbonyl (C=O) groups is 2. The minimum absolute atomic E-state index is 0.0498. The third-order valence-corrected chi connectivity index (χ3v) is 6.25. The second kappa shape index (κ2) is 10.3. The summed E-state index contributed by atoms with van der Waals surface area (Å²) < 4.78 is 11.3. The maximum Gasteiger partial charge on any atom is 0.295 e. The number of aliphatic hydroxyl groups is 1. The van der Waals surface area contributed by atoms with Gasteiger partial charge in [0.25, 0.3) is 11.7 Å². The van der Waals surface area contributed by atoms with Crippen LogP contribution >= 0.6 is 0 Å². The lowest BCUT2D eigenvalue weighted by Gasteiger charge is -2.26. The van der Waals surface area contributed by atoms with E-state index in [4.69, 9.17) is 9.15 Å². The van der Waals surface area contributed by atoms with Crippen molar-refractivity contribution in [2.75, 3.05) is 33.3 Å². The molecule has 1 fully saturated rings. The Morgan fingerprint density at radius 1 is 1.18 bits per heavy atom. The van der Waals surface area contributed by atoms with Crippen LogP contribution in [-0.4, -0.2) is 59.9 Å². The standard InChI is InChI=1S/C26H34N2O5/c1-7-27(8-2)13-14-28-23(21-11-9-17(5)33-21)22(25(30)26(28)31)24(29)18-10-12-20(32-6)19(15-18)16(3)4/h9-12,15-16,23,29H,7-8,13-14H2,1-6H3/b24-22-. The van der Waals surface area contributed by atoms with Crippen LogP contribution in [0.25, 0.3) is 5.76 Å². The molecule has 7 nitrogen and oxygen atoms in total. The fourth-order valence-corrected chi connectivity index (χ4v) is 4.28. The number of furan rings is 1. The molecular formula is C26H34N2O5. The molecule has 0 saturated carbocycles. The topological polar surface area (TPSA) is 83.2 Å². The van der Waals surface area contributed by atoms with Crippen molar-refractivity contribution in [3.05, 3.63) is 58.6 Å². The Morgan fingerprint density at radius 2 is 1.88 bits per heavy atom. The molecule has 2 aromatic rings. The van der Waals surface area contributed by atoms with Gasteiger partial charge in [0.2, 0.25) is 0 Å². The number of benzene rings is 1. The molecule has 7 heteroatoms. The van der Waals surface area contributed by atoms with Crippen molar-refractivity contribution < 1.29 is 23.8 Å². The molecule has 1 amide bonds. The van der Waals surface area contributed by atoms with Crippen LogP contribution in [0.5, 0.6) is 5.75 Å². The maximum atomic E-state index is 13.2. The molecule has 0 aliphatic carbocycles. The van der Waals surface area contributed by atoms with Gasteiger partial charge in [-0.05, 0) is 61.8 Å². The zero-order chi connectivity index (χ0) is 24.3. The van der Waals surface area contributed by atoms with Gasteiger partial charge in [0, 0.05) is 18.7 Å². The summed E-state index contributed by atoms with van der Waals surface area (Å²) in [5, 5.41) is 11.3. The van der Waals surface area contributed by atoms with Gasteiger partial charge in [-0.3, -0.25) is 9.59 Å². The first-order valence-electron chi connectivity index (χ1n) is 11.5. The summed E-state index contributed by atoms with van der Waals surface area (Å²) in [5.74, 6) is 0.457. The van der Waals surface area contributed by atoms with Gasteiger partial charge in [-0.1, -0.05) is 27.7 Å². The molecule has 3 rings (SSSR count). The number of aryl methyl sites for hydroxylation is 1. The maximum absolute atomic E-state index is 13.2. The monoisotopic (exact) mass is 454 g/mol. The molecule has 1 unspecified atom stereocenters. The van der Waals surface area contributed by atoms with Crippen LogP contribution in [0.15, 0.2) is 40.3 Å². The summed E-state index contributed by atoms with van der Waals surface area (Å²) in [6, 6.07) is 8.06. The summed E-state index contributed by atoms with van der Waals surface area (Å²) in [4.78, 5) is 29.9. The van der Waals surface area contributed by atoms with Crippen LogP contribution in [0.2, 0.25) is 0 Å². The number of likely N-dealkylation sites (tertiary alicyclic amines) is 1. The average Bonchev–Trinajstić information content (AvgIpc) is 3.34. The van der Waals surface area contributed by atoms with E-state index in [2.05, 4.69) is 18.7 Å². The molecule has 1 N–H and O–H groups in total. The number of carbonyl (C=O) groups excluding carboxylic acids is 2. The number of ether oxygens (including phenoxy) is 1. The number of hydrogen-bond acceptors (Lipinski definition) is 6. The van der Waals surface area contributed by atoms with Crippen molar-refractivity contribution in [1.29, 1.82) is 0 Å². The highest BCUT2D eigenvalue weighted by Gasteiger charge is 2.47. The predicted molar refractivity (Wildman–Crippen MR) is 127 cm³/mol. The van der Waals surface area contributed by atoms with E-state index in [1.807, 2.05) is 26.8 Å². The average molecular weight is 455 g/mol. The van der Waals surface area contributed by atoms with Gasteiger partial charge >= 0.3 is 0 Å². The highest BCUT2D eigenvalue weighted by Crippen LogP contribution is 2.40. The van der Waals surface area contributed by atoms with E-state index in [1.165, 1.54) is 4.90 Å². The van der Waals surface area contributed by atoms with Crippen LogP contribution in [-0.2, 0) is 9.59 Å². The third kappa shape index (κ3) is 4.83. The smallest absolute Gasteiger partial charge is 0.295 e. The van der Waals surface area contributed by atoms with E-state index in [1.54, 1.807) is 31.4 Å². The van der Waals surface area contributed by atoms with E-state index in [0.29, 0.717) is 35.9 Å².